The molecular formula is C33H25N3O7. The largest absolute Gasteiger partial charge is 0.508 e. The van der Waals surface area contributed by atoms with Crippen LogP contribution in [0.4, 0.5) is 5.95 Å². The predicted octanol–water partition coefficient (Wildman–Crippen LogP) is 5.48. The standard InChI is InChI=1S/C33H25N3O7/c1-18-15-21(10-14-26(18)43-17-19-5-3-2-4-6-19)29(38)27-28(20-7-11-23(37)12-8-20)36(31(40)30(27)39)33-34-24-13-9-22(32(41)42)16-25(24)35-33/h2-16,28,37-38H,17H2,1H3,(H,34,35)(H,41,42)/b29-27+. The number of hydrogen-bond acceptors (Lipinski definition) is 7. The summed E-state index contributed by atoms with van der Waals surface area (Å²) in [5.74, 6) is -2.81. The van der Waals surface area contributed by atoms with Gasteiger partial charge in [-0.25, -0.2) is 9.78 Å². The number of carboxylic acids is 1. The lowest BCUT2D eigenvalue weighted by atomic mass is 9.95. The Morgan fingerprint density at radius 3 is 2.35 bits per heavy atom. The fraction of sp³-hybridized carbons (Fsp3) is 0.0909. The number of carbonyl (C=O) groups excluding carboxylic acids is 2. The highest BCUT2D eigenvalue weighted by Gasteiger charge is 2.48. The van der Waals surface area contributed by atoms with Crippen LogP contribution in [-0.2, 0) is 16.2 Å². The number of phenols is 1. The van der Waals surface area contributed by atoms with Gasteiger partial charge in [0.15, 0.2) is 0 Å². The van der Waals surface area contributed by atoms with E-state index in [0.29, 0.717) is 40.1 Å². The molecule has 1 saturated heterocycles. The zero-order valence-corrected chi connectivity index (χ0v) is 22.8. The summed E-state index contributed by atoms with van der Waals surface area (Å²) in [5, 5.41) is 30.8. The number of nitrogens with one attached hydrogen (secondary N) is 1. The maximum Gasteiger partial charge on any atom is 0.335 e. The van der Waals surface area contributed by atoms with E-state index in [2.05, 4.69) is 9.97 Å². The molecule has 0 bridgehead atoms. The van der Waals surface area contributed by atoms with Gasteiger partial charge in [-0.1, -0.05) is 42.5 Å². The molecule has 2 heterocycles. The molecule has 1 aliphatic rings. The Balaban J connectivity index is 1.42. The van der Waals surface area contributed by atoms with Crippen LogP contribution in [0.5, 0.6) is 11.5 Å². The monoisotopic (exact) mass is 575 g/mol. The Bertz CT molecular complexity index is 1930. The molecule has 1 aliphatic heterocycles. The third-order valence-corrected chi connectivity index (χ3v) is 7.28. The predicted molar refractivity (Wildman–Crippen MR) is 158 cm³/mol. The number of aliphatic hydroxyl groups excluding tert-OH is 1. The third kappa shape index (κ3) is 5.06. The van der Waals surface area contributed by atoms with Crippen molar-refractivity contribution in [3.63, 3.8) is 0 Å². The quantitative estimate of drug-likeness (QED) is 0.113. The smallest absolute Gasteiger partial charge is 0.335 e. The molecule has 1 amide bonds. The molecule has 43 heavy (non-hydrogen) atoms. The maximum atomic E-state index is 13.5. The second kappa shape index (κ2) is 10.8. The Kier molecular flexibility index (Phi) is 6.87. The van der Waals surface area contributed by atoms with Gasteiger partial charge in [0.1, 0.15) is 23.9 Å². The first kappa shape index (κ1) is 27.3. The van der Waals surface area contributed by atoms with E-state index in [1.54, 1.807) is 30.3 Å². The second-order valence-corrected chi connectivity index (χ2v) is 10.1. The average molecular weight is 576 g/mol. The van der Waals surface area contributed by atoms with Gasteiger partial charge in [0, 0.05) is 5.56 Å². The number of aryl methyl sites for hydroxylation is 1. The summed E-state index contributed by atoms with van der Waals surface area (Å²) in [6.07, 6.45) is 0. The van der Waals surface area contributed by atoms with Crippen molar-refractivity contribution in [3.05, 3.63) is 124 Å². The van der Waals surface area contributed by atoms with Crippen molar-refractivity contribution in [2.24, 2.45) is 0 Å². The lowest BCUT2D eigenvalue weighted by Gasteiger charge is -2.23. The first-order valence-corrected chi connectivity index (χ1v) is 13.3. The highest BCUT2D eigenvalue weighted by atomic mass is 16.5. The van der Waals surface area contributed by atoms with Crippen LogP contribution in [0.25, 0.3) is 16.8 Å². The Morgan fingerprint density at radius 1 is 0.930 bits per heavy atom. The molecule has 1 unspecified atom stereocenters. The molecule has 214 valence electrons. The van der Waals surface area contributed by atoms with Crippen LogP contribution in [0.1, 0.15) is 38.7 Å². The number of aliphatic hydroxyl groups is 1. The van der Waals surface area contributed by atoms with Gasteiger partial charge in [0.25, 0.3) is 5.78 Å². The number of hydrogen-bond donors (Lipinski definition) is 4. The number of Topliss-reactive ketones (excluding diaryl/α,β-unsaturated/α-hetero) is 1. The highest BCUT2D eigenvalue weighted by Crippen LogP contribution is 2.42. The van der Waals surface area contributed by atoms with Crippen LogP contribution in [0.15, 0.2) is 96.6 Å². The zero-order valence-electron chi connectivity index (χ0n) is 22.8. The fourth-order valence-corrected chi connectivity index (χ4v) is 5.12. The number of rotatable bonds is 7. The van der Waals surface area contributed by atoms with E-state index in [4.69, 9.17) is 4.74 Å². The summed E-state index contributed by atoms with van der Waals surface area (Å²) in [5.41, 5.74) is 3.03. The first-order valence-electron chi connectivity index (χ1n) is 13.3. The number of carboxylic acid groups (broad SMARTS) is 1. The van der Waals surface area contributed by atoms with Crippen LogP contribution in [0.3, 0.4) is 0 Å². The maximum absolute atomic E-state index is 13.5. The van der Waals surface area contributed by atoms with Gasteiger partial charge in [-0.3, -0.25) is 14.5 Å². The molecular weight excluding hydrogens is 550 g/mol. The number of aromatic hydroxyl groups is 1. The summed E-state index contributed by atoms with van der Waals surface area (Å²) in [6.45, 7) is 2.16. The molecule has 0 radical (unpaired) electrons. The molecule has 1 atom stereocenters. The Hall–Kier alpha value is -5.90. The minimum Gasteiger partial charge on any atom is -0.508 e. The number of aromatic carboxylic acids is 1. The van der Waals surface area contributed by atoms with Crippen molar-refractivity contribution in [2.45, 2.75) is 19.6 Å². The Labute approximate surface area is 245 Å². The number of phenolic OH excluding ortho intramolecular Hbond substituents is 1. The van der Waals surface area contributed by atoms with E-state index >= 15 is 0 Å². The molecule has 4 aromatic carbocycles. The SMILES string of the molecule is Cc1cc(/C(O)=C2\C(=O)C(=O)N(c3nc4ccc(C(=O)O)cc4[nH]3)C2c2ccc(O)cc2)ccc1OCc1ccccc1. The van der Waals surface area contributed by atoms with Crippen LogP contribution in [-0.4, -0.2) is 42.9 Å². The lowest BCUT2D eigenvalue weighted by molar-refractivity contribution is -0.132. The van der Waals surface area contributed by atoms with E-state index in [0.717, 1.165) is 10.5 Å². The van der Waals surface area contributed by atoms with Gasteiger partial charge in [-0.15, -0.1) is 0 Å². The van der Waals surface area contributed by atoms with E-state index in [9.17, 15) is 29.7 Å². The van der Waals surface area contributed by atoms with Crippen LogP contribution in [0.2, 0.25) is 0 Å². The molecule has 4 N–H and O–H groups in total. The number of amides is 1. The molecule has 0 saturated carbocycles. The third-order valence-electron chi connectivity index (χ3n) is 7.28. The second-order valence-electron chi connectivity index (χ2n) is 10.1. The van der Waals surface area contributed by atoms with E-state index in [-0.39, 0.29) is 28.6 Å². The normalized spacial score (nSPS) is 16.1. The van der Waals surface area contributed by atoms with Crippen molar-refractivity contribution in [3.8, 4) is 11.5 Å². The number of aromatic nitrogens is 2. The van der Waals surface area contributed by atoms with Crippen molar-refractivity contribution < 1.29 is 34.4 Å². The molecule has 1 aromatic heterocycles. The number of benzene rings is 4. The molecule has 0 aliphatic carbocycles. The average Bonchev–Trinajstić information content (AvgIpc) is 3.54. The van der Waals surface area contributed by atoms with Gasteiger partial charge in [0.05, 0.1) is 28.2 Å². The lowest BCUT2D eigenvalue weighted by Crippen LogP contribution is -2.30. The number of fused-ring (bicyclic) bond motifs is 1. The van der Waals surface area contributed by atoms with Gasteiger partial charge in [-0.05, 0) is 72.1 Å². The minimum atomic E-state index is -1.13. The molecule has 6 rings (SSSR count). The summed E-state index contributed by atoms with van der Waals surface area (Å²) in [7, 11) is 0. The van der Waals surface area contributed by atoms with Crippen molar-refractivity contribution in [1.29, 1.82) is 0 Å². The number of H-pyrrole nitrogens is 1. The van der Waals surface area contributed by atoms with Gasteiger partial charge >= 0.3 is 11.9 Å². The van der Waals surface area contributed by atoms with E-state index < -0.39 is 23.7 Å². The van der Waals surface area contributed by atoms with Crippen LogP contribution in [0, 0.1) is 6.92 Å². The molecule has 5 aromatic rings. The fourth-order valence-electron chi connectivity index (χ4n) is 5.12. The number of carbonyl (C=O) groups is 3. The van der Waals surface area contributed by atoms with Crippen molar-refractivity contribution in [1.82, 2.24) is 9.97 Å². The summed E-state index contributed by atoms with van der Waals surface area (Å²) >= 11 is 0. The molecule has 0 spiro atoms. The van der Waals surface area contributed by atoms with Crippen LogP contribution < -0.4 is 9.64 Å². The van der Waals surface area contributed by atoms with Crippen molar-refractivity contribution in [2.75, 3.05) is 4.90 Å². The number of ketones is 1. The van der Waals surface area contributed by atoms with Gasteiger partial charge < -0.3 is 25.0 Å². The number of anilines is 1. The highest BCUT2D eigenvalue weighted by molar-refractivity contribution is 6.51. The minimum absolute atomic E-state index is 0.00222. The first-order chi connectivity index (χ1) is 20.7. The van der Waals surface area contributed by atoms with E-state index in [1.807, 2.05) is 37.3 Å². The topological polar surface area (TPSA) is 153 Å². The number of nitrogens with zero attached hydrogens (tertiary/aromatic N) is 2. The van der Waals surface area contributed by atoms with E-state index in [1.165, 1.54) is 30.3 Å². The Morgan fingerprint density at radius 2 is 1.65 bits per heavy atom. The van der Waals surface area contributed by atoms with Crippen molar-refractivity contribution >= 4 is 40.4 Å². The van der Waals surface area contributed by atoms with Crippen LogP contribution >= 0.6 is 0 Å². The summed E-state index contributed by atoms with van der Waals surface area (Å²) in [4.78, 5) is 47.0. The molecule has 10 heteroatoms. The molecule has 1 fully saturated rings. The van der Waals surface area contributed by atoms with Gasteiger partial charge in [-0.2, -0.15) is 0 Å². The summed E-state index contributed by atoms with van der Waals surface area (Å²) < 4.78 is 5.95. The summed E-state index contributed by atoms with van der Waals surface area (Å²) in [6, 6.07) is 23.7. The number of aromatic amines is 1. The van der Waals surface area contributed by atoms with Gasteiger partial charge in [0.2, 0.25) is 5.95 Å². The zero-order chi connectivity index (χ0) is 30.2. The number of ether oxygens (including phenoxy) is 1. The molecule has 10 nitrogen and oxygen atoms in total. The number of imidazole rings is 1.